The number of aryl methyl sites for hydroxylation is 2. The summed E-state index contributed by atoms with van der Waals surface area (Å²) in [6.45, 7) is 8.33. The highest BCUT2D eigenvalue weighted by molar-refractivity contribution is 5.88. The number of halogens is 6. The van der Waals surface area contributed by atoms with Gasteiger partial charge in [-0.3, -0.25) is 0 Å². The molecule has 0 fully saturated rings. The molecular formula is C32H37F6NO5. The summed E-state index contributed by atoms with van der Waals surface area (Å²) in [6, 6.07) is 15.3. The van der Waals surface area contributed by atoms with Gasteiger partial charge in [0.1, 0.15) is 5.75 Å². The number of ether oxygens (including phenoxy) is 4. The highest BCUT2D eigenvalue weighted by Crippen LogP contribution is 2.37. The molecule has 0 N–H and O–H groups in total. The molecule has 0 bridgehead atoms. The van der Waals surface area contributed by atoms with Crippen molar-refractivity contribution in [2.45, 2.75) is 77.9 Å². The van der Waals surface area contributed by atoms with Crippen molar-refractivity contribution in [1.29, 1.82) is 0 Å². The quantitative estimate of drug-likeness (QED) is 0.0609. The van der Waals surface area contributed by atoms with Gasteiger partial charge in [0.05, 0.1) is 31.6 Å². The number of nitrogens with zero attached hydrogens (tertiary/aromatic N) is 1. The molecule has 1 aromatic heterocycles. The van der Waals surface area contributed by atoms with Crippen LogP contribution in [0.15, 0.2) is 61.2 Å². The van der Waals surface area contributed by atoms with Crippen LogP contribution in [-0.2, 0) is 32.0 Å². The second-order valence-corrected chi connectivity index (χ2v) is 10.7. The molecule has 44 heavy (non-hydrogen) atoms. The van der Waals surface area contributed by atoms with Gasteiger partial charge in [-0.15, -0.1) is 8.78 Å². The molecule has 0 atom stereocenters. The third-order valence-electron chi connectivity index (χ3n) is 6.70. The van der Waals surface area contributed by atoms with E-state index in [0.717, 1.165) is 41.4 Å². The Morgan fingerprint density at radius 3 is 2.16 bits per heavy atom. The second-order valence-electron chi connectivity index (χ2n) is 10.7. The van der Waals surface area contributed by atoms with Gasteiger partial charge in [0.2, 0.25) is 0 Å². The Kier molecular flexibility index (Phi) is 11.9. The first-order chi connectivity index (χ1) is 20.6. The molecule has 0 aliphatic heterocycles. The second kappa shape index (κ2) is 15.0. The van der Waals surface area contributed by atoms with Crippen LogP contribution in [0.25, 0.3) is 22.2 Å². The smallest absolute Gasteiger partial charge is 0.493 e. The maximum absolute atomic E-state index is 14.2. The fourth-order valence-electron chi connectivity index (χ4n) is 4.46. The van der Waals surface area contributed by atoms with Crippen molar-refractivity contribution in [2.24, 2.45) is 5.92 Å². The van der Waals surface area contributed by atoms with Crippen molar-refractivity contribution in [3.05, 3.63) is 66.7 Å². The third kappa shape index (κ3) is 10.6. The fraction of sp³-hybridized carbons (Fsp3) is 0.469. The number of carbonyl (C=O) groups excluding carboxylic acids is 1. The van der Waals surface area contributed by atoms with Crippen LogP contribution in [0.4, 0.5) is 26.3 Å². The van der Waals surface area contributed by atoms with Crippen LogP contribution < -0.4 is 4.74 Å². The highest BCUT2D eigenvalue weighted by atomic mass is 19.3. The molecule has 12 heteroatoms. The van der Waals surface area contributed by atoms with Crippen molar-refractivity contribution in [3.8, 4) is 17.0 Å². The highest BCUT2D eigenvalue weighted by Gasteiger charge is 2.52. The molecule has 0 amide bonds. The van der Waals surface area contributed by atoms with E-state index in [2.05, 4.69) is 70.4 Å². The van der Waals surface area contributed by atoms with Crippen LogP contribution in [0.5, 0.6) is 5.75 Å². The lowest BCUT2D eigenvalue weighted by atomic mass is 10.1. The molecule has 0 saturated heterocycles. The van der Waals surface area contributed by atoms with Crippen LogP contribution in [0.2, 0.25) is 0 Å². The first-order valence-electron chi connectivity index (χ1n) is 14.3. The number of esters is 1. The van der Waals surface area contributed by atoms with E-state index < -0.39 is 50.5 Å². The molecular weight excluding hydrogens is 592 g/mol. The van der Waals surface area contributed by atoms with Crippen molar-refractivity contribution in [2.75, 3.05) is 13.2 Å². The summed E-state index contributed by atoms with van der Waals surface area (Å²) < 4.78 is 102. The van der Waals surface area contributed by atoms with Crippen molar-refractivity contribution in [3.63, 3.8) is 0 Å². The number of hydrogen-bond acceptors (Lipinski definition) is 5. The number of rotatable bonds is 18. The molecule has 3 aromatic rings. The van der Waals surface area contributed by atoms with Gasteiger partial charge in [0.25, 0.3) is 0 Å². The first kappa shape index (κ1) is 35.0. The number of benzene rings is 2. The number of alkyl halides is 6. The SMILES string of the molecule is C=CC(=O)OCCC(F)(F)OC(F)(F)OC(F)(F)CCOc1ccc2cc(-c3ccc(CC)cc3)n(CCCC(C)C)c2c1. The summed E-state index contributed by atoms with van der Waals surface area (Å²) in [4.78, 5) is 10.9. The zero-order chi connectivity index (χ0) is 32.5. The Labute approximate surface area is 252 Å². The Morgan fingerprint density at radius 2 is 1.57 bits per heavy atom. The number of carbonyl (C=O) groups is 1. The standard InChI is InChI=1S/C32H37F6NO5/c1-5-23-9-11-24(12-10-23)27-20-25-13-14-26(21-28(25)39(27)17-7-8-22(3)4)41-18-15-30(33,34)43-32(37,38)44-31(35,36)16-19-42-29(40)6-2/h6,9-14,20-22H,2,5,7-8,15-19H2,1,3-4H3. The molecule has 2 aromatic carbocycles. The Bertz CT molecular complexity index is 1390. The van der Waals surface area contributed by atoms with E-state index in [1.165, 1.54) is 5.56 Å². The van der Waals surface area contributed by atoms with Gasteiger partial charge in [-0.1, -0.05) is 51.6 Å². The monoisotopic (exact) mass is 629 g/mol. The Morgan fingerprint density at radius 1 is 0.932 bits per heavy atom. The summed E-state index contributed by atoms with van der Waals surface area (Å²) in [5.41, 5.74) is 4.03. The molecule has 0 unspecified atom stereocenters. The largest absolute Gasteiger partial charge is 0.494 e. The van der Waals surface area contributed by atoms with E-state index in [1.807, 2.05) is 6.07 Å². The minimum atomic E-state index is -5.35. The van der Waals surface area contributed by atoms with Gasteiger partial charge in [0, 0.05) is 29.8 Å². The Balaban J connectivity index is 1.67. The normalized spacial score (nSPS) is 12.6. The number of fused-ring (bicyclic) bond motifs is 1. The molecule has 0 aliphatic rings. The average molecular weight is 630 g/mol. The minimum absolute atomic E-state index is 0.216. The molecule has 0 radical (unpaired) electrons. The van der Waals surface area contributed by atoms with Crippen LogP contribution in [-0.4, -0.2) is 42.3 Å². The summed E-state index contributed by atoms with van der Waals surface area (Å²) in [5.74, 6) is -0.345. The number of aromatic nitrogens is 1. The van der Waals surface area contributed by atoms with Crippen molar-refractivity contribution >= 4 is 16.9 Å². The molecule has 0 aliphatic carbocycles. The van der Waals surface area contributed by atoms with Crippen LogP contribution >= 0.6 is 0 Å². The van der Waals surface area contributed by atoms with E-state index in [9.17, 15) is 31.1 Å². The first-order valence-corrected chi connectivity index (χ1v) is 14.3. The zero-order valence-electron chi connectivity index (χ0n) is 24.9. The fourth-order valence-corrected chi connectivity index (χ4v) is 4.46. The van der Waals surface area contributed by atoms with E-state index in [1.54, 1.807) is 18.2 Å². The van der Waals surface area contributed by atoms with Crippen LogP contribution in [0.3, 0.4) is 0 Å². The Hall–Kier alpha value is -3.51. The summed E-state index contributed by atoms with van der Waals surface area (Å²) in [6.07, 6.45) is -14.0. The molecule has 242 valence electrons. The maximum Gasteiger partial charge on any atom is 0.494 e. The van der Waals surface area contributed by atoms with Gasteiger partial charge in [0.15, 0.2) is 0 Å². The predicted octanol–water partition coefficient (Wildman–Crippen LogP) is 8.96. The van der Waals surface area contributed by atoms with Crippen molar-refractivity contribution in [1.82, 2.24) is 4.57 Å². The van der Waals surface area contributed by atoms with E-state index in [0.29, 0.717) is 18.5 Å². The summed E-state index contributed by atoms with van der Waals surface area (Å²) >= 11 is 0. The van der Waals surface area contributed by atoms with Gasteiger partial charge < -0.3 is 14.0 Å². The molecule has 1 heterocycles. The molecule has 6 nitrogen and oxygen atoms in total. The lowest BCUT2D eigenvalue weighted by Crippen LogP contribution is -2.41. The number of hydrogen-bond donors (Lipinski definition) is 0. The third-order valence-corrected chi connectivity index (χ3v) is 6.70. The molecule has 3 rings (SSSR count). The average Bonchev–Trinajstić information content (AvgIpc) is 3.29. The molecule has 0 saturated carbocycles. The molecule has 0 spiro atoms. The van der Waals surface area contributed by atoms with Gasteiger partial charge >= 0.3 is 24.5 Å². The maximum atomic E-state index is 14.2. The zero-order valence-corrected chi connectivity index (χ0v) is 24.9. The van der Waals surface area contributed by atoms with E-state index >= 15 is 0 Å². The van der Waals surface area contributed by atoms with Crippen LogP contribution in [0, 0.1) is 5.92 Å². The van der Waals surface area contributed by atoms with Crippen LogP contribution in [0.1, 0.15) is 52.0 Å². The topological polar surface area (TPSA) is 58.9 Å². The van der Waals surface area contributed by atoms with E-state index in [-0.39, 0.29) is 5.75 Å². The van der Waals surface area contributed by atoms with Gasteiger partial charge in [-0.25, -0.2) is 14.3 Å². The lowest BCUT2D eigenvalue weighted by molar-refractivity contribution is -0.514. The van der Waals surface area contributed by atoms with E-state index in [4.69, 9.17) is 4.74 Å². The van der Waals surface area contributed by atoms with Crippen molar-refractivity contribution < 1.29 is 50.1 Å². The summed E-state index contributed by atoms with van der Waals surface area (Å²) in [5, 5.41) is 0.905. The lowest BCUT2D eigenvalue weighted by Gasteiger charge is -2.26. The minimum Gasteiger partial charge on any atom is -0.493 e. The van der Waals surface area contributed by atoms with Gasteiger partial charge in [-0.2, -0.15) is 17.6 Å². The van der Waals surface area contributed by atoms with Gasteiger partial charge in [-0.05, 0) is 54.5 Å². The summed E-state index contributed by atoms with van der Waals surface area (Å²) in [7, 11) is 0. The predicted molar refractivity (Wildman–Crippen MR) is 154 cm³/mol.